The number of carbonyl (C=O) groups is 1. The van der Waals surface area contributed by atoms with Gasteiger partial charge in [-0.05, 0) is 60.0 Å². The van der Waals surface area contributed by atoms with Crippen LogP contribution in [0, 0.1) is 12.7 Å². The van der Waals surface area contributed by atoms with E-state index in [0.717, 1.165) is 15.4 Å². The molecule has 0 saturated heterocycles. The van der Waals surface area contributed by atoms with Crippen LogP contribution in [-0.4, -0.2) is 25.2 Å². The quantitative estimate of drug-likeness (QED) is 0.545. The number of hydrogen-bond donors (Lipinski definition) is 1. The zero-order chi connectivity index (χ0) is 22.4. The molecular formula is C23H22ClFN2O3S. The highest BCUT2D eigenvalue weighted by molar-refractivity contribution is 7.89. The summed E-state index contributed by atoms with van der Waals surface area (Å²) in [6.45, 7) is 1.73. The highest BCUT2D eigenvalue weighted by Gasteiger charge is 2.27. The number of aryl methyl sites for hydroxylation is 1. The summed E-state index contributed by atoms with van der Waals surface area (Å²) in [7, 11) is -3.95. The Bertz CT molecular complexity index is 1150. The van der Waals surface area contributed by atoms with Crippen LogP contribution in [0.3, 0.4) is 0 Å². The fourth-order valence-electron chi connectivity index (χ4n) is 2.98. The molecule has 3 aromatic carbocycles. The van der Waals surface area contributed by atoms with E-state index in [4.69, 9.17) is 11.6 Å². The van der Waals surface area contributed by atoms with Gasteiger partial charge in [-0.25, -0.2) is 12.8 Å². The lowest BCUT2D eigenvalue weighted by Crippen LogP contribution is -2.40. The van der Waals surface area contributed by atoms with E-state index in [-0.39, 0.29) is 30.3 Å². The van der Waals surface area contributed by atoms with Crippen molar-refractivity contribution in [3.05, 3.63) is 100 Å². The van der Waals surface area contributed by atoms with E-state index in [0.29, 0.717) is 10.6 Å². The minimum atomic E-state index is -3.95. The molecule has 0 unspecified atom stereocenters. The fourth-order valence-corrected chi connectivity index (χ4v) is 4.48. The molecule has 0 radical (unpaired) electrons. The topological polar surface area (TPSA) is 66.5 Å². The highest BCUT2D eigenvalue weighted by atomic mass is 35.5. The number of halogens is 2. The Labute approximate surface area is 186 Å². The number of benzene rings is 3. The van der Waals surface area contributed by atoms with Crippen molar-refractivity contribution < 1.29 is 17.6 Å². The second-order valence-corrected chi connectivity index (χ2v) is 9.43. The van der Waals surface area contributed by atoms with Crippen LogP contribution in [0.2, 0.25) is 5.02 Å². The predicted octanol–water partition coefficient (Wildman–Crippen LogP) is 4.29. The van der Waals surface area contributed by atoms with Gasteiger partial charge in [-0.2, -0.15) is 4.31 Å². The second-order valence-electron chi connectivity index (χ2n) is 7.06. The molecule has 0 aliphatic rings. The zero-order valence-electron chi connectivity index (χ0n) is 16.9. The average Bonchev–Trinajstić information content (AvgIpc) is 2.74. The first kappa shape index (κ1) is 22.9. The van der Waals surface area contributed by atoms with Gasteiger partial charge in [0.1, 0.15) is 5.82 Å². The Morgan fingerprint density at radius 1 is 1.00 bits per heavy atom. The maximum Gasteiger partial charge on any atom is 0.243 e. The molecule has 3 rings (SSSR count). The normalized spacial score (nSPS) is 11.5. The smallest absolute Gasteiger partial charge is 0.243 e. The van der Waals surface area contributed by atoms with E-state index in [1.54, 1.807) is 12.1 Å². The van der Waals surface area contributed by atoms with Crippen molar-refractivity contribution in [2.75, 3.05) is 6.54 Å². The van der Waals surface area contributed by atoms with E-state index < -0.39 is 15.9 Å². The van der Waals surface area contributed by atoms with Crippen LogP contribution in [0.5, 0.6) is 0 Å². The number of sulfonamides is 1. The molecule has 0 fully saturated rings. The van der Waals surface area contributed by atoms with Crippen LogP contribution in [0.15, 0.2) is 77.7 Å². The number of nitrogens with zero attached hydrogens (tertiary/aromatic N) is 1. The molecule has 31 heavy (non-hydrogen) atoms. The Hall–Kier alpha value is -2.74. The maximum absolute atomic E-state index is 13.3. The molecule has 3 aromatic rings. The molecule has 0 aliphatic heterocycles. The van der Waals surface area contributed by atoms with Gasteiger partial charge in [0, 0.05) is 18.1 Å². The zero-order valence-corrected chi connectivity index (χ0v) is 18.5. The third-order valence-corrected chi connectivity index (χ3v) is 6.84. The maximum atomic E-state index is 13.3. The van der Waals surface area contributed by atoms with E-state index in [1.807, 2.05) is 31.2 Å². The summed E-state index contributed by atoms with van der Waals surface area (Å²) in [6, 6.07) is 19.0. The molecule has 5 nitrogen and oxygen atoms in total. The number of nitrogens with one attached hydrogen (secondary N) is 1. The van der Waals surface area contributed by atoms with Crippen molar-refractivity contribution >= 4 is 27.5 Å². The fraction of sp³-hybridized carbons (Fsp3) is 0.174. The van der Waals surface area contributed by atoms with E-state index >= 15 is 0 Å². The third-order valence-electron chi connectivity index (χ3n) is 4.78. The first-order chi connectivity index (χ1) is 14.8. The van der Waals surface area contributed by atoms with E-state index in [2.05, 4.69) is 5.32 Å². The van der Waals surface area contributed by atoms with Crippen LogP contribution in [0.4, 0.5) is 4.39 Å². The number of hydrogen-bond acceptors (Lipinski definition) is 3. The van der Waals surface area contributed by atoms with Gasteiger partial charge in [0.25, 0.3) is 0 Å². The van der Waals surface area contributed by atoms with E-state index in [1.165, 1.54) is 36.4 Å². The second kappa shape index (κ2) is 10.0. The van der Waals surface area contributed by atoms with Crippen molar-refractivity contribution in [3.63, 3.8) is 0 Å². The Kier molecular flexibility index (Phi) is 7.43. The van der Waals surface area contributed by atoms with E-state index in [9.17, 15) is 17.6 Å². The van der Waals surface area contributed by atoms with Crippen LogP contribution in [0.1, 0.15) is 16.7 Å². The standard InChI is InChI=1S/C23H22ClFN2O3S/c1-17-4-2-3-5-19(17)15-27(31(29,30)22-12-8-20(24)9-13-22)16-23(28)26-14-18-6-10-21(25)11-7-18/h2-13H,14-16H2,1H3,(H,26,28). The molecular weight excluding hydrogens is 439 g/mol. The molecule has 0 atom stereocenters. The lowest BCUT2D eigenvalue weighted by molar-refractivity contribution is -0.121. The van der Waals surface area contributed by atoms with Gasteiger partial charge in [0.2, 0.25) is 15.9 Å². The van der Waals surface area contributed by atoms with Crippen LogP contribution in [-0.2, 0) is 27.9 Å². The molecule has 0 spiro atoms. The first-order valence-electron chi connectivity index (χ1n) is 9.57. The summed E-state index contributed by atoms with van der Waals surface area (Å²) in [4.78, 5) is 12.6. The van der Waals surface area contributed by atoms with Gasteiger partial charge < -0.3 is 5.32 Å². The molecule has 0 aliphatic carbocycles. The largest absolute Gasteiger partial charge is 0.351 e. The minimum Gasteiger partial charge on any atom is -0.351 e. The predicted molar refractivity (Wildman–Crippen MR) is 118 cm³/mol. The van der Waals surface area contributed by atoms with Gasteiger partial charge in [-0.1, -0.05) is 48.0 Å². The van der Waals surface area contributed by atoms with Crippen molar-refractivity contribution in [3.8, 4) is 0 Å². The number of rotatable bonds is 8. The average molecular weight is 461 g/mol. The summed E-state index contributed by atoms with van der Waals surface area (Å²) >= 11 is 5.89. The summed E-state index contributed by atoms with van der Waals surface area (Å²) in [5, 5.41) is 3.11. The molecule has 1 amide bonds. The van der Waals surface area contributed by atoms with Gasteiger partial charge in [0.05, 0.1) is 11.4 Å². The Morgan fingerprint density at radius 3 is 2.29 bits per heavy atom. The highest BCUT2D eigenvalue weighted by Crippen LogP contribution is 2.21. The molecule has 8 heteroatoms. The summed E-state index contributed by atoms with van der Waals surface area (Å²) < 4.78 is 40.7. The van der Waals surface area contributed by atoms with Gasteiger partial charge in [0.15, 0.2) is 0 Å². The summed E-state index contributed by atoms with van der Waals surface area (Å²) in [5.74, 6) is -0.830. The Morgan fingerprint density at radius 2 is 1.65 bits per heavy atom. The van der Waals surface area contributed by atoms with Crippen LogP contribution >= 0.6 is 11.6 Å². The molecule has 0 bridgehead atoms. The van der Waals surface area contributed by atoms with Crippen molar-refractivity contribution in [1.82, 2.24) is 9.62 Å². The SMILES string of the molecule is Cc1ccccc1CN(CC(=O)NCc1ccc(F)cc1)S(=O)(=O)c1ccc(Cl)cc1. The number of carbonyl (C=O) groups excluding carboxylic acids is 1. The molecule has 1 N–H and O–H groups in total. The molecule has 0 saturated carbocycles. The van der Waals surface area contributed by atoms with Crippen molar-refractivity contribution in [2.45, 2.75) is 24.9 Å². The number of amides is 1. The van der Waals surface area contributed by atoms with Crippen LogP contribution in [0.25, 0.3) is 0 Å². The van der Waals surface area contributed by atoms with Crippen LogP contribution < -0.4 is 5.32 Å². The third kappa shape index (κ3) is 6.13. The monoisotopic (exact) mass is 460 g/mol. The lowest BCUT2D eigenvalue weighted by atomic mass is 10.1. The first-order valence-corrected chi connectivity index (χ1v) is 11.4. The Balaban J connectivity index is 1.81. The minimum absolute atomic E-state index is 0.0433. The van der Waals surface area contributed by atoms with Crippen molar-refractivity contribution in [1.29, 1.82) is 0 Å². The van der Waals surface area contributed by atoms with Gasteiger partial charge in [-0.15, -0.1) is 0 Å². The molecule has 0 heterocycles. The van der Waals surface area contributed by atoms with Crippen molar-refractivity contribution in [2.24, 2.45) is 0 Å². The van der Waals surface area contributed by atoms with Gasteiger partial charge in [-0.3, -0.25) is 4.79 Å². The van der Waals surface area contributed by atoms with Gasteiger partial charge >= 0.3 is 0 Å². The summed E-state index contributed by atoms with van der Waals surface area (Å²) in [5.41, 5.74) is 2.43. The molecule has 162 valence electrons. The lowest BCUT2D eigenvalue weighted by Gasteiger charge is -2.23. The molecule has 0 aromatic heterocycles. The summed E-state index contributed by atoms with van der Waals surface area (Å²) in [6.07, 6.45) is 0.